The Kier molecular flexibility index (Phi) is 5.35. The highest BCUT2D eigenvalue weighted by molar-refractivity contribution is 7.92. The first-order valence-corrected chi connectivity index (χ1v) is 12.4. The minimum absolute atomic E-state index is 0.167. The smallest absolute Gasteiger partial charge is 0.292 e. The van der Waals surface area contributed by atoms with Crippen LogP contribution in [0.5, 0.6) is 0 Å². The van der Waals surface area contributed by atoms with E-state index in [4.69, 9.17) is 0 Å². The second-order valence-electron chi connectivity index (χ2n) is 7.53. The molecule has 1 aliphatic heterocycles. The first-order valence-electron chi connectivity index (χ1n) is 10.1. The molecule has 5 rings (SSSR count). The van der Waals surface area contributed by atoms with Gasteiger partial charge in [0.15, 0.2) is 0 Å². The third-order valence-electron chi connectivity index (χ3n) is 5.43. The first-order chi connectivity index (χ1) is 16.0. The van der Waals surface area contributed by atoms with Gasteiger partial charge in [0.1, 0.15) is 4.21 Å². The molecule has 0 spiro atoms. The lowest BCUT2D eigenvalue weighted by atomic mass is 10.1. The zero-order valence-electron chi connectivity index (χ0n) is 17.3. The standard InChI is InChI=1S/C24H19N3O4S2/c28-16-20(17-7-3-1-4-8-17)24(29)26-13-19-14-27(25-21(19)15-26)33(30,31)23-12-11-22(32-23)18-9-5-2-6-10-18/h1-12,14,16,28H,13,15H2/b20-16-. The molecule has 1 N–H and O–H groups in total. The summed E-state index contributed by atoms with van der Waals surface area (Å²) in [5.41, 5.74) is 2.92. The van der Waals surface area contributed by atoms with Crippen LogP contribution in [0.25, 0.3) is 16.0 Å². The summed E-state index contributed by atoms with van der Waals surface area (Å²) in [6.45, 7) is 0.383. The maximum Gasteiger partial charge on any atom is 0.292 e. The molecule has 166 valence electrons. The van der Waals surface area contributed by atoms with Gasteiger partial charge in [0.25, 0.3) is 15.9 Å². The largest absolute Gasteiger partial charge is 0.515 e. The quantitative estimate of drug-likeness (QED) is 0.342. The van der Waals surface area contributed by atoms with Crippen LogP contribution in [0.4, 0.5) is 0 Å². The summed E-state index contributed by atoms with van der Waals surface area (Å²) >= 11 is 1.19. The minimum atomic E-state index is -3.84. The van der Waals surface area contributed by atoms with Crippen molar-refractivity contribution in [3.63, 3.8) is 0 Å². The van der Waals surface area contributed by atoms with E-state index in [-0.39, 0.29) is 28.8 Å². The fraction of sp³-hybridized carbons (Fsp3) is 0.0833. The molecule has 3 heterocycles. The monoisotopic (exact) mass is 477 g/mol. The maximum atomic E-state index is 13.1. The number of benzene rings is 2. The van der Waals surface area contributed by atoms with Gasteiger partial charge >= 0.3 is 0 Å². The van der Waals surface area contributed by atoms with E-state index in [9.17, 15) is 18.3 Å². The van der Waals surface area contributed by atoms with Crippen molar-refractivity contribution in [1.29, 1.82) is 0 Å². The lowest BCUT2D eigenvalue weighted by Gasteiger charge is -2.17. The first kappa shape index (κ1) is 21.2. The van der Waals surface area contributed by atoms with Crippen molar-refractivity contribution in [2.24, 2.45) is 0 Å². The van der Waals surface area contributed by atoms with Crippen molar-refractivity contribution in [1.82, 2.24) is 14.1 Å². The van der Waals surface area contributed by atoms with Gasteiger partial charge in [-0.1, -0.05) is 60.7 Å². The molecule has 1 amide bonds. The van der Waals surface area contributed by atoms with Crippen molar-refractivity contribution in [2.45, 2.75) is 17.3 Å². The Balaban J connectivity index is 1.36. The maximum absolute atomic E-state index is 13.1. The SMILES string of the molecule is O=C(/C(=C\O)c1ccccc1)N1Cc2cn(S(=O)(=O)c3ccc(-c4ccccc4)s3)nc2C1. The highest BCUT2D eigenvalue weighted by Crippen LogP contribution is 2.33. The summed E-state index contributed by atoms with van der Waals surface area (Å²) in [7, 11) is -3.84. The number of rotatable bonds is 5. The van der Waals surface area contributed by atoms with Crippen molar-refractivity contribution >= 4 is 32.8 Å². The molecule has 0 saturated carbocycles. The molecule has 1 aliphatic rings. The summed E-state index contributed by atoms with van der Waals surface area (Å²) in [4.78, 5) is 15.3. The van der Waals surface area contributed by atoms with Gasteiger partial charge < -0.3 is 10.0 Å². The number of thiophene rings is 1. The number of carbonyl (C=O) groups excluding carboxylic acids is 1. The number of hydrogen-bond donors (Lipinski definition) is 1. The number of aliphatic hydroxyl groups is 1. The molecule has 0 atom stereocenters. The molecule has 33 heavy (non-hydrogen) atoms. The fourth-order valence-electron chi connectivity index (χ4n) is 3.74. The Morgan fingerprint density at radius 3 is 2.33 bits per heavy atom. The van der Waals surface area contributed by atoms with Crippen molar-refractivity contribution in [2.75, 3.05) is 0 Å². The van der Waals surface area contributed by atoms with E-state index in [1.54, 1.807) is 36.4 Å². The minimum Gasteiger partial charge on any atom is -0.515 e. The van der Waals surface area contributed by atoms with Crippen LogP contribution < -0.4 is 0 Å². The van der Waals surface area contributed by atoms with Crippen LogP contribution in [0.2, 0.25) is 0 Å². The number of hydrogen-bond acceptors (Lipinski definition) is 6. The predicted octanol–water partition coefficient (Wildman–Crippen LogP) is 4.29. The number of aliphatic hydroxyl groups excluding tert-OH is 1. The van der Waals surface area contributed by atoms with Crippen LogP contribution in [0.15, 0.2) is 89.5 Å². The van der Waals surface area contributed by atoms with E-state index < -0.39 is 10.0 Å². The summed E-state index contributed by atoms with van der Waals surface area (Å²) in [5.74, 6) is -0.345. The van der Waals surface area contributed by atoms with E-state index in [1.165, 1.54) is 22.4 Å². The van der Waals surface area contributed by atoms with E-state index >= 15 is 0 Å². The van der Waals surface area contributed by atoms with Gasteiger partial charge in [-0.2, -0.15) is 17.6 Å². The molecule has 0 saturated heterocycles. The van der Waals surface area contributed by atoms with E-state index in [0.29, 0.717) is 16.8 Å². The van der Waals surface area contributed by atoms with Crippen molar-refractivity contribution in [3.05, 3.63) is 102 Å². The van der Waals surface area contributed by atoms with E-state index in [2.05, 4.69) is 5.10 Å². The summed E-state index contributed by atoms with van der Waals surface area (Å²) in [5, 5.41) is 13.9. The van der Waals surface area contributed by atoms with Crippen LogP contribution in [0, 0.1) is 0 Å². The zero-order valence-corrected chi connectivity index (χ0v) is 19.0. The Bertz CT molecular complexity index is 1430. The third kappa shape index (κ3) is 3.85. The highest BCUT2D eigenvalue weighted by Gasteiger charge is 2.31. The number of fused-ring (bicyclic) bond motifs is 1. The lowest BCUT2D eigenvalue weighted by Crippen LogP contribution is -2.27. The van der Waals surface area contributed by atoms with Crippen molar-refractivity contribution in [3.8, 4) is 10.4 Å². The summed E-state index contributed by atoms with van der Waals surface area (Å²) < 4.78 is 27.4. The molecular formula is C24H19N3O4S2. The van der Waals surface area contributed by atoms with Gasteiger partial charge in [-0.05, 0) is 23.3 Å². The second-order valence-corrected chi connectivity index (χ2v) is 10.6. The van der Waals surface area contributed by atoms with Crippen LogP contribution >= 0.6 is 11.3 Å². The third-order valence-corrected chi connectivity index (χ3v) is 8.56. The van der Waals surface area contributed by atoms with Crippen molar-refractivity contribution < 1.29 is 18.3 Å². The van der Waals surface area contributed by atoms with Gasteiger partial charge in [0, 0.05) is 23.2 Å². The molecule has 2 aromatic heterocycles. The predicted molar refractivity (Wildman–Crippen MR) is 126 cm³/mol. The van der Waals surface area contributed by atoms with E-state index in [0.717, 1.165) is 20.8 Å². The number of aromatic nitrogens is 2. The molecule has 0 fully saturated rings. The molecular weight excluding hydrogens is 458 g/mol. The van der Waals surface area contributed by atoms with Gasteiger partial charge in [-0.15, -0.1) is 11.3 Å². The average molecular weight is 478 g/mol. The Hall–Kier alpha value is -3.69. The molecule has 9 heteroatoms. The van der Waals surface area contributed by atoms with Gasteiger partial charge in [0.05, 0.1) is 24.1 Å². The van der Waals surface area contributed by atoms with Crippen LogP contribution in [-0.4, -0.2) is 33.5 Å². The Morgan fingerprint density at radius 2 is 1.67 bits per heavy atom. The molecule has 7 nitrogen and oxygen atoms in total. The summed E-state index contributed by atoms with van der Waals surface area (Å²) in [6.07, 6.45) is 2.27. The average Bonchev–Trinajstić information content (AvgIpc) is 3.56. The van der Waals surface area contributed by atoms with Gasteiger partial charge in [-0.25, -0.2) is 0 Å². The number of amides is 1. The topological polar surface area (TPSA) is 92.5 Å². The highest BCUT2D eigenvalue weighted by atomic mass is 32.2. The molecule has 0 aliphatic carbocycles. The Labute approximate surface area is 194 Å². The van der Waals surface area contributed by atoms with E-state index in [1.807, 2.05) is 36.4 Å². The zero-order chi connectivity index (χ0) is 23.0. The lowest BCUT2D eigenvalue weighted by molar-refractivity contribution is -0.125. The molecule has 0 unspecified atom stereocenters. The molecule has 0 radical (unpaired) electrons. The molecule has 4 aromatic rings. The molecule has 0 bridgehead atoms. The normalized spacial score (nSPS) is 13.8. The summed E-state index contributed by atoms with van der Waals surface area (Å²) in [6, 6.07) is 21.8. The Morgan fingerprint density at radius 1 is 0.970 bits per heavy atom. The van der Waals surface area contributed by atoms with Gasteiger partial charge in [-0.3, -0.25) is 4.79 Å². The van der Waals surface area contributed by atoms with Crippen LogP contribution in [0.1, 0.15) is 16.8 Å². The fourth-order valence-corrected chi connectivity index (χ4v) is 6.30. The van der Waals surface area contributed by atoms with Crippen LogP contribution in [0.3, 0.4) is 0 Å². The number of nitrogens with zero attached hydrogens (tertiary/aromatic N) is 3. The second kappa shape index (κ2) is 8.34. The van der Waals surface area contributed by atoms with Crippen LogP contribution in [-0.2, 0) is 27.9 Å². The molecule has 2 aromatic carbocycles. The number of carbonyl (C=O) groups is 1. The van der Waals surface area contributed by atoms with Gasteiger partial charge in [0.2, 0.25) is 0 Å².